The van der Waals surface area contributed by atoms with Crippen molar-refractivity contribution in [2.75, 3.05) is 6.61 Å². The zero-order chi connectivity index (χ0) is 13.0. The predicted octanol–water partition coefficient (Wildman–Crippen LogP) is 3.05. The standard InChI is InChI=1S/C15H14O3/c1-11(8-15(16)17)6-7-12-9-13-4-2-3-5-14(13)18-10-12/h2-9H,10H2,1H3,(H,16,17)/b7-6+,11-8-. The van der Waals surface area contributed by atoms with Crippen molar-refractivity contribution in [1.82, 2.24) is 0 Å². The van der Waals surface area contributed by atoms with Crippen LogP contribution in [0.1, 0.15) is 12.5 Å². The lowest BCUT2D eigenvalue weighted by atomic mass is 10.1. The van der Waals surface area contributed by atoms with Gasteiger partial charge in [0.05, 0.1) is 0 Å². The van der Waals surface area contributed by atoms with Crippen LogP contribution in [-0.2, 0) is 4.79 Å². The van der Waals surface area contributed by atoms with Gasteiger partial charge in [-0.2, -0.15) is 0 Å². The van der Waals surface area contributed by atoms with Gasteiger partial charge in [-0.1, -0.05) is 30.4 Å². The smallest absolute Gasteiger partial charge is 0.328 e. The Bertz CT molecular complexity index is 551. The van der Waals surface area contributed by atoms with Crippen LogP contribution in [0.5, 0.6) is 5.75 Å². The summed E-state index contributed by atoms with van der Waals surface area (Å²) in [5.41, 5.74) is 2.76. The molecular formula is C15H14O3. The summed E-state index contributed by atoms with van der Waals surface area (Å²) in [6.45, 7) is 2.26. The van der Waals surface area contributed by atoms with E-state index in [1.807, 2.05) is 36.4 Å². The molecule has 0 bridgehead atoms. The van der Waals surface area contributed by atoms with Gasteiger partial charge in [-0.05, 0) is 30.2 Å². The number of hydrogen-bond acceptors (Lipinski definition) is 2. The van der Waals surface area contributed by atoms with Gasteiger partial charge in [0.1, 0.15) is 12.4 Å². The van der Waals surface area contributed by atoms with E-state index in [4.69, 9.17) is 9.84 Å². The molecule has 0 aliphatic carbocycles. The Morgan fingerprint density at radius 1 is 1.39 bits per heavy atom. The lowest BCUT2D eigenvalue weighted by Gasteiger charge is -2.15. The summed E-state index contributed by atoms with van der Waals surface area (Å²) in [7, 11) is 0. The van der Waals surface area contributed by atoms with Gasteiger partial charge in [0, 0.05) is 11.6 Å². The zero-order valence-electron chi connectivity index (χ0n) is 10.1. The van der Waals surface area contributed by atoms with Gasteiger partial charge in [-0.15, -0.1) is 0 Å². The predicted molar refractivity (Wildman–Crippen MR) is 70.4 cm³/mol. The first-order valence-electron chi connectivity index (χ1n) is 5.67. The van der Waals surface area contributed by atoms with Crippen molar-refractivity contribution >= 4 is 12.0 Å². The van der Waals surface area contributed by atoms with E-state index in [1.54, 1.807) is 13.0 Å². The quantitative estimate of drug-likeness (QED) is 0.654. The molecule has 0 unspecified atom stereocenters. The molecule has 18 heavy (non-hydrogen) atoms. The Morgan fingerprint density at radius 3 is 2.94 bits per heavy atom. The van der Waals surface area contributed by atoms with Gasteiger partial charge in [0.15, 0.2) is 0 Å². The van der Waals surface area contributed by atoms with Crippen LogP contribution in [0.4, 0.5) is 0 Å². The third-order valence-corrected chi connectivity index (χ3v) is 2.57. The second-order valence-corrected chi connectivity index (χ2v) is 4.11. The van der Waals surface area contributed by atoms with Crippen LogP contribution in [0.25, 0.3) is 6.08 Å². The maximum absolute atomic E-state index is 10.5. The zero-order valence-corrected chi connectivity index (χ0v) is 10.1. The summed E-state index contributed by atoms with van der Waals surface area (Å²) in [6, 6.07) is 7.82. The average molecular weight is 242 g/mol. The summed E-state index contributed by atoms with van der Waals surface area (Å²) in [5, 5.41) is 8.60. The molecule has 2 rings (SSSR count). The highest BCUT2D eigenvalue weighted by molar-refractivity contribution is 5.81. The van der Waals surface area contributed by atoms with Gasteiger partial charge in [-0.25, -0.2) is 4.79 Å². The molecule has 1 aliphatic heterocycles. The Balaban J connectivity index is 2.15. The van der Waals surface area contributed by atoms with Gasteiger partial charge in [-0.3, -0.25) is 0 Å². The minimum absolute atomic E-state index is 0.508. The minimum atomic E-state index is -0.934. The number of para-hydroxylation sites is 1. The number of benzene rings is 1. The average Bonchev–Trinajstić information content (AvgIpc) is 2.35. The molecule has 3 nitrogen and oxygen atoms in total. The monoisotopic (exact) mass is 242 g/mol. The van der Waals surface area contributed by atoms with Crippen LogP contribution < -0.4 is 4.74 Å². The fourth-order valence-corrected chi connectivity index (χ4v) is 1.71. The van der Waals surface area contributed by atoms with Crippen molar-refractivity contribution in [2.45, 2.75) is 6.92 Å². The number of allylic oxidation sites excluding steroid dienone is 2. The number of carbonyl (C=O) groups is 1. The first-order valence-corrected chi connectivity index (χ1v) is 5.67. The third-order valence-electron chi connectivity index (χ3n) is 2.57. The molecule has 0 radical (unpaired) electrons. The molecule has 1 heterocycles. The van der Waals surface area contributed by atoms with Crippen molar-refractivity contribution in [3.05, 3.63) is 59.2 Å². The summed E-state index contributed by atoms with van der Waals surface area (Å²) in [4.78, 5) is 10.5. The van der Waals surface area contributed by atoms with Crippen molar-refractivity contribution in [1.29, 1.82) is 0 Å². The Hall–Kier alpha value is -2.29. The van der Waals surface area contributed by atoms with Crippen LogP contribution >= 0.6 is 0 Å². The number of hydrogen-bond donors (Lipinski definition) is 1. The molecule has 0 spiro atoms. The fourth-order valence-electron chi connectivity index (χ4n) is 1.71. The lowest BCUT2D eigenvalue weighted by molar-refractivity contribution is -0.131. The van der Waals surface area contributed by atoms with E-state index in [1.165, 1.54) is 6.08 Å². The molecule has 0 saturated carbocycles. The number of carboxylic acids is 1. The number of aliphatic carboxylic acids is 1. The van der Waals surface area contributed by atoms with Crippen molar-refractivity contribution < 1.29 is 14.6 Å². The normalized spacial score (nSPS) is 14.9. The third kappa shape index (κ3) is 3.10. The number of rotatable bonds is 3. The molecule has 0 amide bonds. The molecule has 0 aromatic heterocycles. The van der Waals surface area contributed by atoms with E-state index in [0.29, 0.717) is 12.2 Å². The molecule has 1 N–H and O–H groups in total. The number of fused-ring (bicyclic) bond motifs is 1. The van der Waals surface area contributed by atoms with Crippen molar-refractivity contribution in [2.24, 2.45) is 0 Å². The molecule has 92 valence electrons. The number of ether oxygens (including phenoxy) is 1. The first-order chi connectivity index (χ1) is 8.65. The molecule has 0 saturated heterocycles. The molecule has 0 fully saturated rings. The molecular weight excluding hydrogens is 228 g/mol. The van der Waals surface area contributed by atoms with Gasteiger partial charge in [0.25, 0.3) is 0 Å². The van der Waals surface area contributed by atoms with E-state index in [2.05, 4.69) is 0 Å². The van der Waals surface area contributed by atoms with Crippen LogP contribution in [0, 0.1) is 0 Å². The fraction of sp³-hybridized carbons (Fsp3) is 0.133. The lowest BCUT2D eigenvalue weighted by Crippen LogP contribution is -2.05. The Morgan fingerprint density at radius 2 is 2.17 bits per heavy atom. The number of carboxylic acid groups (broad SMARTS) is 1. The summed E-state index contributed by atoms with van der Waals surface area (Å²) in [5.74, 6) is -0.0520. The Kier molecular flexibility index (Phi) is 3.63. The van der Waals surface area contributed by atoms with Gasteiger partial charge in [0.2, 0.25) is 0 Å². The SMILES string of the molecule is CC(=C/C(=O)O)/C=C/C1=Cc2ccccc2OC1. The molecule has 1 aliphatic rings. The molecule has 3 heteroatoms. The van der Waals surface area contributed by atoms with E-state index < -0.39 is 5.97 Å². The topological polar surface area (TPSA) is 46.5 Å². The highest BCUT2D eigenvalue weighted by Crippen LogP contribution is 2.26. The second kappa shape index (κ2) is 5.36. The van der Waals surface area contributed by atoms with Gasteiger partial charge >= 0.3 is 5.97 Å². The highest BCUT2D eigenvalue weighted by Gasteiger charge is 2.07. The van der Waals surface area contributed by atoms with E-state index in [0.717, 1.165) is 16.9 Å². The van der Waals surface area contributed by atoms with Gasteiger partial charge < -0.3 is 9.84 Å². The maximum atomic E-state index is 10.5. The second-order valence-electron chi connectivity index (χ2n) is 4.11. The molecule has 1 aromatic carbocycles. The Labute approximate surface area is 106 Å². The van der Waals surface area contributed by atoms with Crippen LogP contribution in [0.3, 0.4) is 0 Å². The van der Waals surface area contributed by atoms with Crippen molar-refractivity contribution in [3.63, 3.8) is 0 Å². The minimum Gasteiger partial charge on any atom is -0.488 e. The molecule has 0 atom stereocenters. The van der Waals surface area contributed by atoms with E-state index in [-0.39, 0.29) is 0 Å². The van der Waals surface area contributed by atoms with Crippen LogP contribution in [-0.4, -0.2) is 17.7 Å². The molecule has 1 aromatic rings. The van der Waals surface area contributed by atoms with Crippen LogP contribution in [0.2, 0.25) is 0 Å². The van der Waals surface area contributed by atoms with Crippen molar-refractivity contribution in [3.8, 4) is 5.75 Å². The summed E-state index contributed by atoms with van der Waals surface area (Å²) < 4.78 is 5.59. The van der Waals surface area contributed by atoms with Crippen LogP contribution in [0.15, 0.2) is 53.6 Å². The van der Waals surface area contributed by atoms with E-state index in [9.17, 15) is 4.79 Å². The summed E-state index contributed by atoms with van der Waals surface area (Å²) in [6.07, 6.45) is 6.88. The van der Waals surface area contributed by atoms with E-state index >= 15 is 0 Å². The summed E-state index contributed by atoms with van der Waals surface area (Å²) >= 11 is 0. The largest absolute Gasteiger partial charge is 0.488 e. The highest BCUT2D eigenvalue weighted by atomic mass is 16.5. The maximum Gasteiger partial charge on any atom is 0.328 e. The first kappa shape index (κ1) is 12.2.